The minimum atomic E-state index is 0.104. The van der Waals surface area contributed by atoms with Crippen molar-refractivity contribution >= 4 is 22.8 Å². The monoisotopic (exact) mass is 490 g/mol. The maximum atomic E-state index is 12.6. The van der Waals surface area contributed by atoms with E-state index >= 15 is 0 Å². The van der Waals surface area contributed by atoms with Crippen LogP contribution in [0.5, 0.6) is 0 Å². The lowest BCUT2D eigenvalue weighted by Gasteiger charge is -2.32. The Bertz CT molecular complexity index is 1190. The Labute approximate surface area is 213 Å². The number of morpholine rings is 1. The van der Waals surface area contributed by atoms with Crippen LogP contribution >= 0.6 is 0 Å². The second-order valence-electron chi connectivity index (χ2n) is 10.2. The van der Waals surface area contributed by atoms with Gasteiger partial charge in [-0.1, -0.05) is 19.1 Å². The molecule has 1 aliphatic heterocycles. The van der Waals surface area contributed by atoms with Crippen molar-refractivity contribution in [3.05, 3.63) is 53.0 Å². The Kier molecular flexibility index (Phi) is 7.53. The van der Waals surface area contributed by atoms with E-state index in [0.29, 0.717) is 19.3 Å². The largest absolute Gasteiger partial charge is 0.382 e. The Morgan fingerprint density at radius 3 is 2.47 bits per heavy atom. The smallest absolute Gasteiger partial charge is 0.237 e. The number of pyridine rings is 1. The summed E-state index contributed by atoms with van der Waals surface area (Å²) in [6.45, 7) is 9.97. The molecule has 1 aromatic carbocycles. The molecular formula is C28H38N6O2. The summed E-state index contributed by atoms with van der Waals surface area (Å²) in [4.78, 5) is 22.3. The molecule has 1 saturated carbocycles. The fourth-order valence-corrected chi connectivity index (χ4v) is 5.43. The molecule has 0 atom stereocenters. The van der Waals surface area contributed by atoms with Gasteiger partial charge in [0.05, 0.1) is 19.8 Å². The van der Waals surface area contributed by atoms with E-state index in [1.54, 1.807) is 0 Å². The molecule has 1 amide bonds. The molecule has 2 aliphatic rings. The average Bonchev–Trinajstić information content (AvgIpc) is 3.24. The first-order valence-corrected chi connectivity index (χ1v) is 13.3. The van der Waals surface area contributed by atoms with Crippen LogP contribution in [0.1, 0.15) is 55.3 Å². The van der Waals surface area contributed by atoms with E-state index in [-0.39, 0.29) is 11.8 Å². The standard InChI is InChI=1S/C28H38N6O2/c1-4-25-31-26-19(2)17-20(3)29-27(26)34(25)18-21-5-9-23(10-6-21)30-24-11-7-22(8-12-24)28(35)32-33-13-15-36-16-14-33/h5-6,9-10,17,22,24,30H,4,7-8,11-16,18H2,1-3H3,(H,32,35)/t22-,24-. The molecule has 8 heteroatoms. The molecule has 0 spiro atoms. The lowest BCUT2D eigenvalue weighted by Crippen LogP contribution is -2.50. The number of anilines is 1. The Morgan fingerprint density at radius 2 is 1.78 bits per heavy atom. The van der Waals surface area contributed by atoms with Crippen molar-refractivity contribution in [1.29, 1.82) is 0 Å². The minimum absolute atomic E-state index is 0.104. The zero-order valence-corrected chi connectivity index (χ0v) is 21.7. The topological polar surface area (TPSA) is 84.3 Å². The highest BCUT2D eigenvalue weighted by molar-refractivity contribution is 5.78. The maximum Gasteiger partial charge on any atom is 0.237 e. The molecule has 2 N–H and O–H groups in total. The molecule has 192 valence electrons. The van der Waals surface area contributed by atoms with Crippen LogP contribution in [-0.4, -0.2) is 57.8 Å². The van der Waals surface area contributed by atoms with Gasteiger partial charge in [0, 0.05) is 42.9 Å². The molecule has 0 bridgehead atoms. The molecular weight excluding hydrogens is 452 g/mol. The van der Waals surface area contributed by atoms with Gasteiger partial charge in [0.1, 0.15) is 11.3 Å². The highest BCUT2D eigenvalue weighted by Gasteiger charge is 2.27. The number of ether oxygens (including phenoxy) is 1. The first-order valence-electron chi connectivity index (χ1n) is 13.3. The number of nitrogens with zero attached hydrogens (tertiary/aromatic N) is 4. The SMILES string of the molecule is CCc1nc2c(C)cc(C)nc2n1Cc1ccc(N[C@H]2CC[C@H](C(=O)NN3CCOCC3)CC2)cc1. The number of nitrogens with one attached hydrogen (secondary N) is 2. The number of hydrogen-bond donors (Lipinski definition) is 2. The maximum absolute atomic E-state index is 12.6. The fourth-order valence-electron chi connectivity index (χ4n) is 5.43. The molecule has 1 saturated heterocycles. The Hall–Kier alpha value is -2.97. The Morgan fingerprint density at radius 1 is 1.06 bits per heavy atom. The van der Waals surface area contributed by atoms with Crippen LogP contribution in [0.2, 0.25) is 0 Å². The third-order valence-electron chi connectivity index (χ3n) is 7.46. The van der Waals surface area contributed by atoms with Crippen molar-refractivity contribution in [1.82, 2.24) is 25.0 Å². The quantitative estimate of drug-likeness (QED) is 0.521. The minimum Gasteiger partial charge on any atom is -0.382 e. The molecule has 36 heavy (non-hydrogen) atoms. The van der Waals surface area contributed by atoms with E-state index in [0.717, 1.165) is 80.1 Å². The molecule has 2 fully saturated rings. The number of aryl methyl sites for hydroxylation is 3. The zero-order chi connectivity index (χ0) is 25.1. The van der Waals surface area contributed by atoms with Crippen LogP contribution in [0.3, 0.4) is 0 Å². The predicted octanol–water partition coefficient (Wildman–Crippen LogP) is 3.99. The van der Waals surface area contributed by atoms with Crippen molar-refractivity contribution in [2.45, 2.75) is 65.5 Å². The zero-order valence-electron chi connectivity index (χ0n) is 21.7. The van der Waals surface area contributed by atoms with E-state index in [4.69, 9.17) is 14.7 Å². The lowest BCUT2D eigenvalue weighted by molar-refractivity contribution is -0.133. The van der Waals surface area contributed by atoms with Gasteiger partial charge in [0.15, 0.2) is 5.65 Å². The number of fused-ring (bicyclic) bond motifs is 1. The summed E-state index contributed by atoms with van der Waals surface area (Å²) in [6.07, 6.45) is 4.74. The molecule has 1 aliphatic carbocycles. The van der Waals surface area contributed by atoms with Crippen LogP contribution in [0.15, 0.2) is 30.3 Å². The Balaban J connectivity index is 1.16. The highest BCUT2D eigenvalue weighted by atomic mass is 16.5. The fraction of sp³-hybridized carbons (Fsp3) is 0.536. The number of amides is 1. The van der Waals surface area contributed by atoms with Gasteiger partial charge in [0.2, 0.25) is 5.91 Å². The second-order valence-corrected chi connectivity index (χ2v) is 10.2. The van der Waals surface area contributed by atoms with Crippen molar-refractivity contribution < 1.29 is 9.53 Å². The summed E-state index contributed by atoms with van der Waals surface area (Å²) >= 11 is 0. The third-order valence-corrected chi connectivity index (χ3v) is 7.46. The van der Waals surface area contributed by atoms with E-state index in [2.05, 4.69) is 59.5 Å². The number of rotatable bonds is 7. The summed E-state index contributed by atoms with van der Waals surface area (Å²) in [5.41, 5.74) is 9.64. The molecule has 0 radical (unpaired) electrons. The van der Waals surface area contributed by atoms with Crippen molar-refractivity contribution in [2.24, 2.45) is 5.92 Å². The predicted molar refractivity (Wildman–Crippen MR) is 142 cm³/mol. The van der Waals surface area contributed by atoms with Crippen LogP contribution in [0.4, 0.5) is 5.69 Å². The summed E-state index contributed by atoms with van der Waals surface area (Å²) in [7, 11) is 0. The van der Waals surface area contributed by atoms with Gasteiger partial charge < -0.3 is 14.6 Å². The molecule has 8 nitrogen and oxygen atoms in total. The van der Waals surface area contributed by atoms with Gasteiger partial charge >= 0.3 is 0 Å². The van der Waals surface area contributed by atoms with E-state index in [1.807, 2.05) is 11.9 Å². The highest BCUT2D eigenvalue weighted by Crippen LogP contribution is 2.27. The third kappa shape index (κ3) is 5.55. The number of imidazole rings is 1. The lowest BCUT2D eigenvalue weighted by atomic mass is 9.85. The molecule has 3 aromatic rings. The number of hydrogen-bond acceptors (Lipinski definition) is 6. The van der Waals surface area contributed by atoms with Gasteiger partial charge in [0.25, 0.3) is 0 Å². The van der Waals surface area contributed by atoms with Crippen molar-refractivity contribution in [3.63, 3.8) is 0 Å². The second kappa shape index (κ2) is 11.0. The molecule has 3 heterocycles. The first-order chi connectivity index (χ1) is 17.5. The number of benzene rings is 1. The number of carbonyl (C=O) groups is 1. The normalized spacial score (nSPS) is 21.0. The van der Waals surface area contributed by atoms with Crippen molar-refractivity contribution in [2.75, 3.05) is 31.6 Å². The molecule has 5 rings (SSSR count). The summed E-state index contributed by atoms with van der Waals surface area (Å²) in [5.74, 6) is 1.34. The molecule has 0 unspecified atom stereocenters. The van der Waals surface area contributed by atoms with Crippen LogP contribution in [0, 0.1) is 19.8 Å². The van der Waals surface area contributed by atoms with E-state index < -0.39 is 0 Å². The summed E-state index contributed by atoms with van der Waals surface area (Å²) in [5, 5.41) is 5.68. The van der Waals surface area contributed by atoms with E-state index in [1.165, 1.54) is 11.1 Å². The van der Waals surface area contributed by atoms with Gasteiger partial charge in [-0.05, 0) is 68.9 Å². The summed E-state index contributed by atoms with van der Waals surface area (Å²) < 4.78 is 7.61. The number of hydrazine groups is 1. The number of carbonyl (C=O) groups excluding carboxylic acids is 1. The molecule has 2 aromatic heterocycles. The van der Waals surface area contributed by atoms with Crippen LogP contribution in [-0.2, 0) is 22.5 Å². The number of aromatic nitrogens is 3. The van der Waals surface area contributed by atoms with Crippen LogP contribution < -0.4 is 10.7 Å². The van der Waals surface area contributed by atoms with Crippen LogP contribution in [0.25, 0.3) is 11.2 Å². The van der Waals surface area contributed by atoms with Gasteiger partial charge in [-0.15, -0.1) is 0 Å². The average molecular weight is 491 g/mol. The van der Waals surface area contributed by atoms with Crippen molar-refractivity contribution in [3.8, 4) is 0 Å². The first kappa shape index (κ1) is 24.7. The van der Waals surface area contributed by atoms with Gasteiger partial charge in [-0.2, -0.15) is 0 Å². The summed E-state index contributed by atoms with van der Waals surface area (Å²) in [6, 6.07) is 11.2. The van der Waals surface area contributed by atoms with Gasteiger partial charge in [-0.25, -0.2) is 15.0 Å². The van der Waals surface area contributed by atoms with Gasteiger partial charge in [-0.3, -0.25) is 10.2 Å². The van der Waals surface area contributed by atoms with E-state index in [9.17, 15) is 4.79 Å².